The molecule has 0 saturated heterocycles. The molecule has 0 aliphatic heterocycles. The van der Waals surface area contributed by atoms with E-state index in [0.29, 0.717) is 12.0 Å². The lowest BCUT2D eigenvalue weighted by molar-refractivity contribution is -0.144. The van der Waals surface area contributed by atoms with E-state index in [0.717, 1.165) is 12.5 Å². The summed E-state index contributed by atoms with van der Waals surface area (Å²) in [6.07, 6.45) is 5.62. The summed E-state index contributed by atoms with van der Waals surface area (Å²) in [6, 6.07) is 0. The molecule has 2 aliphatic rings. The number of hydrogen-bond acceptors (Lipinski definition) is 3. The van der Waals surface area contributed by atoms with Gasteiger partial charge in [0.1, 0.15) is 0 Å². The second-order valence-corrected chi connectivity index (χ2v) is 5.22. The smallest absolute Gasteiger partial charge is 0.306 e. The standard InChI is InChI=1S/C13H21NO3/c1-2-17-12(16)6-5-11(15)14-9-13(7-8-13)10-3-4-10/h10H,2-9H2,1H3,(H,14,15). The average molecular weight is 239 g/mol. The molecule has 1 amide bonds. The zero-order valence-corrected chi connectivity index (χ0v) is 10.5. The fourth-order valence-electron chi connectivity index (χ4n) is 2.40. The number of carbonyl (C=O) groups excluding carboxylic acids is 2. The lowest BCUT2D eigenvalue weighted by atomic mass is 10.0. The van der Waals surface area contributed by atoms with E-state index in [2.05, 4.69) is 5.32 Å². The first-order chi connectivity index (χ1) is 8.16. The Balaban J connectivity index is 1.59. The average Bonchev–Trinajstić information content (AvgIpc) is 3.16. The fourth-order valence-corrected chi connectivity index (χ4v) is 2.40. The predicted molar refractivity (Wildman–Crippen MR) is 63.3 cm³/mol. The maximum absolute atomic E-state index is 11.6. The monoisotopic (exact) mass is 239 g/mol. The van der Waals surface area contributed by atoms with Crippen molar-refractivity contribution in [2.75, 3.05) is 13.2 Å². The summed E-state index contributed by atoms with van der Waals surface area (Å²) < 4.78 is 4.78. The van der Waals surface area contributed by atoms with Crippen LogP contribution < -0.4 is 5.32 Å². The molecule has 2 saturated carbocycles. The molecule has 2 aliphatic carbocycles. The molecule has 2 rings (SSSR count). The van der Waals surface area contributed by atoms with Crippen LogP contribution in [0, 0.1) is 11.3 Å². The van der Waals surface area contributed by atoms with E-state index in [9.17, 15) is 9.59 Å². The van der Waals surface area contributed by atoms with Crippen LogP contribution in [-0.4, -0.2) is 25.0 Å². The molecule has 4 heteroatoms. The van der Waals surface area contributed by atoms with Gasteiger partial charge in [-0.2, -0.15) is 0 Å². The van der Waals surface area contributed by atoms with E-state index in [1.807, 2.05) is 0 Å². The Bertz CT molecular complexity index is 306. The Labute approximate surface area is 102 Å². The summed E-state index contributed by atoms with van der Waals surface area (Å²) in [5, 5.41) is 2.96. The summed E-state index contributed by atoms with van der Waals surface area (Å²) >= 11 is 0. The molecule has 0 radical (unpaired) electrons. The van der Waals surface area contributed by atoms with Crippen LogP contribution in [0.5, 0.6) is 0 Å². The van der Waals surface area contributed by atoms with Crippen LogP contribution in [0.2, 0.25) is 0 Å². The van der Waals surface area contributed by atoms with Crippen molar-refractivity contribution in [2.45, 2.75) is 45.4 Å². The molecule has 4 nitrogen and oxygen atoms in total. The summed E-state index contributed by atoms with van der Waals surface area (Å²) in [4.78, 5) is 22.6. The highest BCUT2D eigenvalue weighted by molar-refractivity contribution is 5.81. The van der Waals surface area contributed by atoms with Crippen LogP contribution in [0.4, 0.5) is 0 Å². The van der Waals surface area contributed by atoms with Crippen LogP contribution in [0.25, 0.3) is 0 Å². The molecule has 0 atom stereocenters. The first-order valence-corrected chi connectivity index (χ1v) is 6.58. The van der Waals surface area contributed by atoms with Crippen molar-refractivity contribution in [2.24, 2.45) is 11.3 Å². The topological polar surface area (TPSA) is 55.4 Å². The highest BCUT2D eigenvalue weighted by atomic mass is 16.5. The summed E-state index contributed by atoms with van der Waals surface area (Å²) in [5.74, 6) is 0.545. The highest BCUT2D eigenvalue weighted by Crippen LogP contribution is 2.60. The number of ether oxygens (including phenoxy) is 1. The highest BCUT2D eigenvalue weighted by Gasteiger charge is 2.53. The van der Waals surface area contributed by atoms with Gasteiger partial charge in [0, 0.05) is 13.0 Å². The number of nitrogens with one attached hydrogen (secondary N) is 1. The molecule has 0 heterocycles. The fraction of sp³-hybridized carbons (Fsp3) is 0.846. The van der Waals surface area contributed by atoms with Gasteiger partial charge in [0.15, 0.2) is 0 Å². The van der Waals surface area contributed by atoms with Gasteiger partial charge in [-0.25, -0.2) is 0 Å². The van der Waals surface area contributed by atoms with Gasteiger partial charge in [-0.05, 0) is 43.9 Å². The van der Waals surface area contributed by atoms with Crippen LogP contribution in [-0.2, 0) is 14.3 Å². The Morgan fingerprint density at radius 1 is 1.29 bits per heavy atom. The molecule has 17 heavy (non-hydrogen) atoms. The van der Waals surface area contributed by atoms with Gasteiger partial charge in [0.25, 0.3) is 0 Å². The van der Waals surface area contributed by atoms with E-state index < -0.39 is 0 Å². The van der Waals surface area contributed by atoms with E-state index in [4.69, 9.17) is 4.74 Å². The number of rotatable bonds is 7. The van der Waals surface area contributed by atoms with Gasteiger partial charge in [-0.3, -0.25) is 9.59 Å². The minimum atomic E-state index is -0.286. The second-order valence-electron chi connectivity index (χ2n) is 5.22. The maximum atomic E-state index is 11.6. The van der Waals surface area contributed by atoms with E-state index in [1.165, 1.54) is 25.7 Å². The molecule has 2 fully saturated rings. The minimum absolute atomic E-state index is 0.0232. The summed E-state index contributed by atoms with van der Waals surface area (Å²) in [7, 11) is 0. The van der Waals surface area contributed by atoms with Crippen molar-refractivity contribution >= 4 is 11.9 Å². The lowest BCUT2D eigenvalue weighted by Crippen LogP contribution is -2.31. The molecule has 96 valence electrons. The number of amides is 1. The third-order valence-electron chi connectivity index (χ3n) is 3.83. The lowest BCUT2D eigenvalue weighted by Gasteiger charge is -2.14. The summed E-state index contributed by atoms with van der Waals surface area (Å²) in [6.45, 7) is 2.95. The number of esters is 1. The Hall–Kier alpha value is -1.06. The quantitative estimate of drug-likeness (QED) is 0.687. The van der Waals surface area contributed by atoms with Crippen molar-refractivity contribution in [3.63, 3.8) is 0 Å². The first-order valence-electron chi connectivity index (χ1n) is 6.58. The van der Waals surface area contributed by atoms with Crippen LogP contribution in [0.3, 0.4) is 0 Å². The Morgan fingerprint density at radius 2 is 2.00 bits per heavy atom. The maximum Gasteiger partial charge on any atom is 0.306 e. The van der Waals surface area contributed by atoms with Gasteiger partial charge in [-0.15, -0.1) is 0 Å². The molecule has 0 aromatic rings. The molecule has 1 N–H and O–H groups in total. The molecular weight excluding hydrogens is 218 g/mol. The van der Waals surface area contributed by atoms with Crippen LogP contribution >= 0.6 is 0 Å². The van der Waals surface area contributed by atoms with Crippen molar-refractivity contribution in [3.8, 4) is 0 Å². The van der Waals surface area contributed by atoms with E-state index in [1.54, 1.807) is 6.92 Å². The van der Waals surface area contributed by atoms with Crippen LogP contribution in [0.1, 0.15) is 45.4 Å². The van der Waals surface area contributed by atoms with Gasteiger partial charge in [-0.1, -0.05) is 0 Å². The van der Waals surface area contributed by atoms with Crippen molar-refractivity contribution < 1.29 is 14.3 Å². The van der Waals surface area contributed by atoms with Gasteiger partial charge in [0.2, 0.25) is 5.91 Å². The Morgan fingerprint density at radius 3 is 2.53 bits per heavy atom. The van der Waals surface area contributed by atoms with Gasteiger partial charge >= 0.3 is 5.97 Å². The minimum Gasteiger partial charge on any atom is -0.466 e. The second kappa shape index (κ2) is 5.07. The van der Waals surface area contributed by atoms with Crippen molar-refractivity contribution in [1.82, 2.24) is 5.32 Å². The van der Waals surface area contributed by atoms with Crippen molar-refractivity contribution in [3.05, 3.63) is 0 Å². The van der Waals surface area contributed by atoms with E-state index >= 15 is 0 Å². The van der Waals surface area contributed by atoms with E-state index in [-0.39, 0.29) is 24.7 Å². The van der Waals surface area contributed by atoms with Crippen molar-refractivity contribution in [1.29, 1.82) is 0 Å². The largest absolute Gasteiger partial charge is 0.466 e. The molecule has 0 aromatic heterocycles. The third kappa shape index (κ3) is 3.45. The van der Waals surface area contributed by atoms with Gasteiger partial charge in [0.05, 0.1) is 13.0 Å². The zero-order chi connectivity index (χ0) is 12.3. The summed E-state index contributed by atoms with van der Waals surface area (Å²) in [5.41, 5.74) is 0.430. The predicted octanol–water partition coefficient (Wildman–Crippen LogP) is 1.64. The molecule has 0 unspecified atom stereocenters. The third-order valence-corrected chi connectivity index (χ3v) is 3.83. The normalized spacial score (nSPS) is 20.8. The molecule has 0 aromatic carbocycles. The molecular formula is C13H21NO3. The SMILES string of the molecule is CCOC(=O)CCC(=O)NCC1(C2CC2)CC1. The zero-order valence-electron chi connectivity index (χ0n) is 10.5. The van der Waals surface area contributed by atoms with Crippen LogP contribution in [0.15, 0.2) is 0 Å². The van der Waals surface area contributed by atoms with Gasteiger partial charge < -0.3 is 10.1 Å². The number of hydrogen-bond donors (Lipinski definition) is 1. The first kappa shape index (κ1) is 12.4. The number of carbonyl (C=O) groups is 2. The molecule has 0 bridgehead atoms. The Kier molecular flexibility index (Phi) is 3.69. The molecule has 0 spiro atoms.